The Balaban J connectivity index is 1.75. The number of H-pyrrole nitrogens is 1. The maximum absolute atomic E-state index is 12.6. The van der Waals surface area contributed by atoms with Crippen LogP contribution < -0.4 is 10.9 Å². The van der Waals surface area contributed by atoms with E-state index in [2.05, 4.69) is 20.3 Å². The summed E-state index contributed by atoms with van der Waals surface area (Å²) in [5.74, 6) is -0.130. The molecular formula is C21H23N5O2. The Hall–Kier alpha value is -3.32. The van der Waals surface area contributed by atoms with E-state index in [1.165, 1.54) is 6.20 Å². The Bertz CT molecular complexity index is 1010. The summed E-state index contributed by atoms with van der Waals surface area (Å²) >= 11 is 0. The third-order valence-corrected chi connectivity index (χ3v) is 4.58. The summed E-state index contributed by atoms with van der Waals surface area (Å²) in [4.78, 5) is 37.9. The molecular weight excluding hydrogens is 354 g/mol. The van der Waals surface area contributed by atoms with E-state index in [-0.39, 0.29) is 11.6 Å². The highest BCUT2D eigenvalue weighted by molar-refractivity contribution is 5.93. The molecule has 0 saturated carbocycles. The van der Waals surface area contributed by atoms with Crippen LogP contribution in [-0.4, -0.2) is 46.4 Å². The molecule has 0 saturated heterocycles. The summed E-state index contributed by atoms with van der Waals surface area (Å²) in [7, 11) is 3.92. The van der Waals surface area contributed by atoms with Gasteiger partial charge in [0.1, 0.15) is 11.3 Å². The summed E-state index contributed by atoms with van der Waals surface area (Å²) in [6, 6.07) is 13.4. The second-order valence-electron chi connectivity index (χ2n) is 6.74. The molecule has 0 unspecified atom stereocenters. The van der Waals surface area contributed by atoms with Crippen LogP contribution in [0.1, 0.15) is 27.5 Å². The molecule has 0 aliphatic heterocycles. The van der Waals surface area contributed by atoms with E-state index in [9.17, 15) is 9.59 Å². The van der Waals surface area contributed by atoms with Crippen molar-refractivity contribution in [3.63, 3.8) is 0 Å². The lowest BCUT2D eigenvalue weighted by atomic mass is 10.0. The predicted molar refractivity (Wildman–Crippen MR) is 108 cm³/mol. The van der Waals surface area contributed by atoms with Gasteiger partial charge in [-0.1, -0.05) is 30.3 Å². The van der Waals surface area contributed by atoms with Crippen LogP contribution in [0.25, 0.3) is 11.5 Å². The van der Waals surface area contributed by atoms with E-state index >= 15 is 0 Å². The summed E-state index contributed by atoms with van der Waals surface area (Å²) in [6.45, 7) is 2.41. The van der Waals surface area contributed by atoms with Gasteiger partial charge < -0.3 is 15.2 Å². The van der Waals surface area contributed by atoms with Gasteiger partial charge in [0, 0.05) is 18.9 Å². The van der Waals surface area contributed by atoms with E-state index in [1.807, 2.05) is 50.2 Å². The van der Waals surface area contributed by atoms with Crippen LogP contribution in [-0.2, 0) is 0 Å². The van der Waals surface area contributed by atoms with Crippen LogP contribution in [0.3, 0.4) is 0 Å². The van der Waals surface area contributed by atoms with E-state index in [0.717, 1.165) is 11.1 Å². The molecule has 7 nitrogen and oxygen atoms in total. The summed E-state index contributed by atoms with van der Waals surface area (Å²) < 4.78 is 0. The van der Waals surface area contributed by atoms with Crippen molar-refractivity contribution >= 4 is 5.91 Å². The zero-order chi connectivity index (χ0) is 20.1. The second-order valence-corrected chi connectivity index (χ2v) is 6.74. The number of aryl methyl sites for hydroxylation is 1. The molecule has 0 bridgehead atoms. The molecule has 1 amide bonds. The molecule has 0 fully saturated rings. The van der Waals surface area contributed by atoms with Crippen molar-refractivity contribution in [2.24, 2.45) is 0 Å². The number of benzene rings is 1. The van der Waals surface area contributed by atoms with Crippen molar-refractivity contribution in [1.29, 1.82) is 0 Å². The number of hydrogen-bond acceptors (Lipinski definition) is 5. The first-order chi connectivity index (χ1) is 13.5. The highest BCUT2D eigenvalue weighted by atomic mass is 16.2. The number of pyridine rings is 1. The standard InChI is InChI=1S/C21H23N5O2/c1-14-8-4-5-9-15(14)18(26(2)3)13-24-20(27)16-12-23-19(25-21(16)28)17-10-6-7-11-22-17/h4-12,18H,13H2,1-3H3,(H,24,27)(H,23,25,28)/t18-/m1/s1. The van der Waals surface area contributed by atoms with Crippen LogP contribution in [0.5, 0.6) is 0 Å². The number of nitrogens with one attached hydrogen (secondary N) is 2. The molecule has 1 aromatic carbocycles. The largest absolute Gasteiger partial charge is 0.350 e. The van der Waals surface area contributed by atoms with Crippen LogP contribution in [0.2, 0.25) is 0 Å². The van der Waals surface area contributed by atoms with Crippen LogP contribution in [0.4, 0.5) is 0 Å². The number of nitrogens with zero attached hydrogens (tertiary/aromatic N) is 3. The van der Waals surface area contributed by atoms with Crippen LogP contribution in [0, 0.1) is 6.92 Å². The van der Waals surface area contributed by atoms with Gasteiger partial charge in [-0.15, -0.1) is 0 Å². The second kappa shape index (κ2) is 8.58. The molecule has 0 spiro atoms. The number of carbonyl (C=O) groups excluding carboxylic acids is 1. The highest BCUT2D eigenvalue weighted by Gasteiger charge is 2.19. The molecule has 28 heavy (non-hydrogen) atoms. The van der Waals surface area contributed by atoms with E-state index in [0.29, 0.717) is 18.1 Å². The third kappa shape index (κ3) is 4.32. The van der Waals surface area contributed by atoms with Gasteiger partial charge >= 0.3 is 0 Å². The normalized spacial score (nSPS) is 12.0. The van der Waals surface area contributed by atoms with E-state index < -0.39 is 11.5 Å². The molecule has 7 heteroatoms. The number of carbonyl (C=O) groups is 1. The molecule has 0 aliphatic carbocycles. The molecule has 2 N–H and O–H groups in total. The van der Waals surface area contributed by atoms with Crippen molar-refractivity contribution in [2.45, 2.75) is 13.0 Å². The van der Waals surface area contributed by atoms with Gasteiger partial charge in [0.05, 0.1) is 6.04 Å². The number of likely N-dealkylation sites (N-methyl/N-ethyl adjacent to an activating group) is 1. The van der Waals surface area contributed by atoms with Gasteiger partial charge in [0.2, 0.25) is 0 Å². The molecule has 2 heterocycles. The first kappa shape index (κ1) is 19.4. The van der Waals surface area contributed by atoms with E-state index in [1.54, 1.807) is 24.4 Å². The Morgan fingerprint density at radius 1 is 1.14 bits per heavy atom. The SMILES string of the molecule is Cc1ccccc1[C@@H](CNC(=O)c1cnc(-c2ccccn2)[nH]c1=O)N(C)C. The van der Waals surface area contributed by atoms with Crippen LogP contribution >= 0.6 is 0 Å². The Kier molecular flexibility index (Phi) is 5.96. The maximum atomic E-state index is 12.6. The van der Waals surface area contributed by atoms with Gasteiger partial charge in [0.25, 0.3) is 11.5 Å². The fraction of sp³-hybridized carbons (Fsp3) is 0.238. The Morgan fingerprint density at radius 2 is 1.89 bits per heavy atom. The van der Waals surface area contributed by atoms with Crippen molar-refractivity contribution < 1.29 is 4.79 Å². The third-order valence-electron chi connectivity index (χ3n) is 4.58. The molecule has 0 aliphatic rings. The first-order valence-corrected chi connectivity index (χ1v) is 8.98. The number of hydrogen-bond donors (Lipinski definition) is 2. The number of amides is 1. The van der Waals surface area contributed by atoms with Gasteiger partial charge in [-0.05, 0) is 44.3 Å². The monoisotopic (exact) mass is 377 g/mol. The van der Waals surface area contributed by atoms with E-state index in [4.69, 9.17) is 0 Å². The Labute approximate surface area is 163 Å². The van der Waals surface area contributed by atoms with Crippen molar-refractivity contribution in [3.05, 3.63) is 81.9 Å². The first-order valence-electron chi connectivity index (χ1n) is 8.98. The molecule has 1 atom stereocenters. The van der Waals surface area contributed by atoms with Gasteiger partial charge in [0.15, 0.2) is 5.82 Å². The average molecular weight is 377 g/mol. The zero-order valence-corrected chi connectivity index (χ0v) is 16.1. The van der Waals surface area contributed by atoms with Crippen molar-refractivity contribution in [1.82, 2.24) is 25.2 Å². The molecule has 0 radical (unpaired) electrons. The molecule has 3 aromatic rings. The Morgan fingerprint density at radius 3 is 2.54 bits per heavy atom. The molecule has 2 aromatic heterocycles. The lowest BCUT2D eigenvalue weighted by molar-refractivity contribution is 0.0940. The fourth-order valence-corrected chi connectivity index (χ4v) is 3.01. The highest BCUT2D eigenvalue weighted by Crippen LogP contribution is 2.21. The summed E-state index contributed by atoms with van der Waals surface area (Å²) in [6.07, 6.45) is 2.90. The fourth-order valence-electron chi connectivity index (χ4n) is 3.01. The lowest BCUT2D eigenvalue weighted by Gasteiger charge is -2.26. The zero-order valence-electron chi connectivity index (χ0n) is 16.1. The number of aromatic amines is 1. The molecule has 144 valence electrons. The van der Waals surface area contributed by atoms with Gasteiger partial charge in [-0.2, -0.15) is 0 Å². The minimum Gasteiger partial charge on any atom is -0.350 e. The smallest absolute Gasteiger partial charge is 0.264 e. The number of rotatable bonds is 6. The number of aromatic nitrogens is 3. The average Bonchev–Trinajstić information content (AvgIpc) is 2.69. The maximum Gasteiger partial charge on any atom is 0.264 e. The predicted octanol–water partition coefficient (Wildman–Crippen LogP) is 2.17. The quantitative estimate of drug-likeness (QED) is 0.687. The van der Waals surface area contributed by atoms with Gasteiger partial charge in [-0.3, -0.25) is 14.6 Å². The van der Waals surface area contributed by atoms with Crippen molar-refractivity contribution in [2.75, 3.05) is 20.6 Å². The topological polar surface area (TPSA) is 91.0 Å². The summed E-state index contributed by atoms with van der Waals surface area (Å²) in [5.41, 5.74) is 2.30. The minimum absolute atomic E-state index is 0.00928. The lowest BCUT2D eigenvalue weighted by Crippen LogP contribution is -2.37. The minimum atomic E-state index is -0.495. The van der Waals surface area contributed by atoms with Crippen LogP contribution in [0.15, 0.2) is 59.7 Å². The van der Waals surface area contributed by atoms with Gasteiger partial charge in [-0.25, -0.2) is 4.98 Å². The summed E-state index contributed by atoms with van der Waals surface area (Å²) in [5, 5.41) is 2.85. The molecule has 3 rings (SSSR count). The van der Waals surface area contributed by atoms with Crippen molar-refractivity contribution in [3.8, 4) is 11.5 Å².